The zero-order chi connectivity index (χ0) is 16.3. The number of nitro groups is 1. The molecule has 0 aliphatic carbocycles. The molecule has 0 aromatic heterocycles. The molecule has 0 saturated carbocycles. The maximum absolute atomic E-state index is 11.5. The summed E-state index contributed by atoms with van der Waals surface area (Å²) in [5.41, 5.74) is 0.469. The molecule has 0 bridgehead atoms. The maximum Gasteiger partial charge on any atom is 0.314 e. The predicted molar refractivity (Wildman–Crippen MR) is 76.3 cm³/mol. The molecule has 0 saturated heterocycles. The van der Waals surface area contributed by atoms with Gasteiger partial charge < -0.3 is 5.11 Å². The second-order valence-electron chi connectivity index (χ2n) is 4.56. The Morgan fingerprint density at radius 1 is 1.55 bits per heavy atom. The molecule has 9 heteroatoms. The molecule has 9 nitrogen and oxygen atoms in total. The summed E-state index contributed by atoms with van der Waals surface area (Å²) in [6.45, 7) is 1.51. The van der Waals surface area contributed by atoms with Crippen molar-refractivity contribution in [2.24, 2.45) is 15.9 Å². The van der Waals surface area contributed by atoms with Crippen molar-refractivity contribution in [2.75, 3.05) is 0 Å². The molecule has 1 aliphatic heterocycles. The Bertz CT molecular complexity index is 734. The fourth-order valence-corrected chi connectivity index (χ4v) is 2.21. The van der Waals surface area contributed by atoms with Crippen molar-refractivity contribution in [3.8, 4) is 6.19 Å². The highest BCUT2D eigenvalue weighted by Crippen LogP contribution is 2.32. The fourth-order valence-electron chi connectivity index (χ4n) is 2.21. The Labute approximate surface area is 124 Å². The van der Waals surface area contributed by atoms with Crippen LogP contribution in [0.15, 0.2) is 34.3 Å². The third-order valence-corrected chi connectivity index (χ3v) is 3.17. The minimum atomic E-state index is -1.14. The summed E-state index contributed by atoms with van der Waals surface area (Å²) >= 11 is 0. The summed E-state index contributed by atoms with van der Waals surface area (Å²) in [5.74, 6) is -2.21. The quantitative estimate of drug-likeness (QED) is 0.372. The fraction of sp³-hybridized carbons (Fsp3) is 0.231. The highest BCUT2D eigenvalue weighted by molar-refractivity contribution is 6.08. The third kappa shape index (κ3) is 2.90. The van der Waals surface area contributed by atoms with Gasteiger partial charge in [-0.1, -0.05) is 12.1 Å². The summed E-state index contributed by atoms with van der Waals surface area (Å²) in [7, 11) is 0. The van der Waals surface area contributed by atoms with E-state index in [-0.39, 0.29) is 17.4 Å². The van der Waals surface area contributed by atoms with Crippen LogP contribution in [0.4, 0.5) is 5.69 Å². The second kappa shape index (κ2) is 6.01. The average molecular weight is 301 g/mol. The van der Waals surface area contributed by atoms with Gasteiger partial charge in [-0.25, -0.2) is 9.98 Å². The van der Waals surface area contributed by atoms with E-state index >= 15 is 0 Å². The van der Waals surface area contributed by atoms with Crippen LogP contribution in [-0.4, -0.2) is 27.7 Å². The molecule has 2 unspecified atom stereocenters. The summed E-state index contributed by atoms with van der Waals surface area (Å²) in [6.07, 6.45) is 1.66. The van der Waals surface area contributed by atoms with Gasteiger partial charge in [-0.2, -0.15) is 5.26 Å². The average Bonchev–Trinajstić information content (AvgIpc) is 2.46. The smallest absolute Gasteiger partial charge is 0.314 e. The Hall–Kier alpha value is -3.28. The topological polar surface area (TPSA) is 141 Å². The molecular formula is C13H11N5O4. The molecule has 2 rings (SSSR count). The molecule has 22 heavy (non-hydrogen) atoms. The summed E-state index contributed by atoms with van der Waals surface area (Å²) < 4.78 is 0. The van der Waals surface area contributed by atoms with Crippen LogP contribution in [0.1, 0.15) is 18.5 Å². The number of rotatable bonds is 3. The van der Waals surface area contributed by atoms with E-state index in [1.807, 2.05) is 0 Å². The van der Waals surface area contributed by atoms with Crippen LogP contribution in [0.5, 0.6) is 0 Å². The van der Waals surface area contributed by atoms with E-state index < -0.39 is 22.9 Å². The van der Waals surface area contributed by atoms with Crippen molar-refractivity contribution in [1.29, 1.82) is 5.26 Å². The largest absolute Gasteiger partial charge is 0.481 e. The van der Waals surface area contributed by atoms with Gasteiger partial charge in [0.15, 0.2) is 6.19 Å². The number of nitrogens with one attached hydrogen (secondary N) is 1. The molecule has 2 N–H and O–H groups in total. The molecule has 0 radical (unpaired) electrons. The number of carboxylic acid groups (broad SMARTS) is 1. The van der Waals surface area contributed by atoms with Crippen LogP contribution < -0.4 is 5.32 Å². The van der Waals surface area contributed by atoms with E-state index in [4.69, 9.17) is 5.26 Å². The number of nitro benzene ring substituents is 1. The molecule has 112 valence electrons. The lowest BCUT2D eigenvalue weighted by molar-refractivity contribution is -0.384. The Balaban J connectivity index is 2.51. The van der Waals surface area contributed by atoms with Crippen LogP contribution in [-0.2, 0) is 4.79 Å². The monoisotopic (exact) mass is 301 g/mol. The molecule has 0 amide bonds. The van der Waals surface area contributed by atoms with E-state index in [9.17, 15) is 20.0 Å². The van der Waals surface area contributed by atoms with E-state index in [1.165, 1.54) is 25.1 Å². The van der Waals surface area contributed by atoms with E-state index in [0.29, 0.717) is 5.56 Å². The number of aliphatic imine (C=N–C) groups is 2. The first-order chi connectivity index (χ1) is 10.4. The first kappa shape index (κ1) is 15.1. The van der Waals surface area contributed by atoms with Gasteiger partial charge >= 0.3 is 5.97 Å². The lowest BCUT2D eigenvalue weighted by atomic mass is 9.89. The van der Waals surface area contributed by atoms with Crippen LogP contribution in [0.25, 0.3) is 0 Å². The van der Waals surface area contributed by atoms with Crippen molar-refractivity contribution in [2.45, 2.75) is 13.0 Å². The van der Waals surface area contributed by atoms with Crippen LogP contribution in [0.3, 0.4) is 0 Å². The van der Waals surface area contributed by atoms with Crippen molar-refractivity contribution >= 4 is 23.3 Å². The Morgan fingerprint density at radius 2 is 2.27 bits per heavy atom. The third-order valence-electron chi connectivity index (χ3n) is 3.17. The molecule has 0 spiro atoms. The minimum absolute atomic E-state index is 0.0194. The molecule has 1 heterocycles. The van der Waals surface area contributed by atoms with Gasteiger partial charge in [-0.15, -0.1) is 0 Å². The minimum Gasteiger partial charge on any atom is -0.481 e. The van der Waals surface area contributed by atoms with Gasteiger partial charge in [0.05, 0.1) is 11.0 Å². The Kier molecular flexibility index (Phi) is 4.13. The number of aliphatic carboxylic acids is 1. The van der Waals surface area contributed by atoms with Crippen LogP contribution in [0.2, 0.25) is 0 Å². The molecule has 0 fully saturated rings. The van der Waals surface area contributed by atoms with Crippen LogP contribution in [0, 0.1) is 27.5 Å². The molecule has 1 aromatic carbocycles. The predicted octanol–water partition coefficient (Wildman–Crippen LogP) is 1.24. The highest BCUT2D eigenvalue weighted by atomic mass is 16.6. The Morgan fingerprint density at radius 3 is 2.86 bits per heavy atom. The number of hydrogen-bond donors (Lipinski definition) is 2. The molecular weight excluding hydrogens is 290 g/mol. The number of carbonyl (C=O) groups is 1. The summed E-state index contributed by atoms with van der Waals surface area (Å²) in [5, 5.41) is 31.1. The molecule has 1 aromatic rings. The maximum atomic E-state index is 11.5. The van der Waals surface area contributed by atoms with Crippen molar-refractivity contribution in [3.05, 3.63) is 39.9 Å². The van der Waals surface area contributed by atoms with Gasteiger partial charge in [0.1, 0.15) is 5.92 Å². The zero-order valence-electron chi connectivity index (χ0n) is 11.4. The number of carboxylic acids is 1. The van der Waals surface area contributed by atoms with Gasteiger partial charge in [-0.3, -0.25) is 20.2 Å². The van der Waals surface area contributed by atoms with Crippen LogP contribution >= 0.6 is 0 Å². The van der Waals surface area contributed by atoms with E-state index in [0.717, 1.165) is 0 Å². The first-order valence-corrected chi connectivity index (χ1v) is 6.19. The van der Waals surface area contributed by atoms with E-state index in [1.54, 1.807) is 12.3 Å². The summed E-state index contributed by atoms with van der Waals surface area (Å²) in [4.78, 5) is 29.8. The standard InChI is InChI=1S/C13H11N5O4/c1-7-10(12(19)20)11(17-13(16-7)15-6-14)8-3-2-4-9(5-8)18(21)22/h2-5,10-11H,1H3,(H,15,17)(H,19,20). The van der Waals surface area contributed by atoms with Gasteiger partial charge in [0.2, 0.25) is 5.96 Å². The number of non-ortho nitro benzene ring substituents is 1. The van der Waals surface area contributed by atoms with E-state index in [2.05, 4.69) is 15.3 Å². The zero-order valence-corrected chi connectivity index (χ0v) is 11.4. The van der Waals surface area contributed by atoms with Gasteiger partial charge in [0.25, 0.3) is 5.69 Å². The lowest BCUT2D eigenvalue weighted by Gasteiger charge is -2.24. The van der Waals surface area contributed by atoms with Crippen molar-refractivity contribution in [3.63, 3.8) is 0 Å². The number of guanidine groups is 1. The van der Waals surface area contributed by atoms with Crippen molar-refractivity contribution < 1.29 is 14.8 Å². The second-order valence-corrected chi connectivity index (χ2v) is 4.56. The number of hydrogen-bond acceptors (Lipinski definition) is 7. The number of nitriles is 1. The van der Waals surface area contributed by atoms with Gasteiger partial charge in [0, 0.05) is 17.8 Å². The number of nitrogens with zero attached hydrogens (tertiary/aromatic N) is 4. The summed E-state index contributed by atoms with van der Waals surface area (Å²) in [6, 6.07) is 4.69. The van der Waals surface area contributed by atoms with Crippen molar-refractivity contribution in [1.82, 2.24) is 5.32 Å². The normalized spacial score (nSPS) is 20.4. The van der Waals surface area contributed by atoms with Gasteiger partial charge in [-0.05, 0) is 12.5 Å². The highest BCUT2D eigenvalue weighted by Gasteiger charge is 2.35. The molecule has 2 atom stereocenters. The SMILES string of the molecule is CC1=NC(NC#N)=NC(c2cccc([N+](=O)[O-])c2)C1C(=O)O. The molecule has 1 aliphatic rings. The first-order valence-electron chi connectivity index (χ1n) is 6.19. The lowest BCUT2D eigenvalue weighted by Crippen LogP contribution is -2.34. The number of benzene rings is 1.